The standard InChI is InChI=1S/C25H25N7O/c1-31-9-2-10-32(12-11-31)17-3-4-21-22(14-17)30-24(29-21)20-13-16(15-28-25(20)33)18-5-7-26-23-19(18)6-8-27-23/h3-8,13-15H,2,9-12H2,1H3,(H,26,27)(H,28,33)(H,29,30). The number of anilines is 1. The number of rotatable bonds is 3. The number of nitrogens with one attached hydrogen (secondary N) is 3. The van der Waals surface area contributed by atoms with Gasteiger partial charge in [0, 0.05) is 49.3 Å². The normalized spacial score (nSPS) is 15.4. The third kappa shape index (κ3) is 3.58. The second kappa shape index (κ2) is 7.90. The average molecular weight is 440 g/mol. The van der Waals surface area contributed by atoms with Gasteiger partial charge in [-0.3, -0.25) is 4.79 Å². The van der Waals surface area contributed by atoms with E-state index in [1.54, 1.807) is 12.4 Å². The third-order valence-corrected chi connectivity index (χ3v) is 6.48. The van der Waals surface area contributed by atoms with Gasteiger partial charge < -0.3 is 24.8 Å². The lowest BCUT2D eigenvalue weighted by molar-refractivity contribution is 0.360. The van der Waals surface area contributed by atoms with Crippen molar-refractivity contribution < 1.29 is 0 Å². The molecule has 4 aromatic heterocycles. The van der Waals surface area contributed by atoms with Crippen molar-refractivity contribution in [1.82, 2.24) is 29.8 Å². The third-order valence-electron chi connectivity index (χ3n) is 6.48. The number of H-pyrrole nitrogens is 3. The second-order valence-corrected chi connectivity index (χ2v) is 8.66. The Morgan fingerprint density at radius 1 is 0.970 bits per heavy atom. The molecule has 1 fully saturated rings. The lowest BCUT2D eigenvalue weighted by atomic mass is 10.0. The van der Waals surface area contributed by atoms with E-state index in [2.05, 4.69) is 48.9 Å². The van der Waals surface area contributed by atoms with Gasteiger partial charge in [-0.15, -0.1) is 0 Å². The molecule has 5 aromatic rings. The van der Waals surface area contributed by atoms with Crippen LogP contribution in [0.15, 0.2) is 59.8 Å². The molecule has 1 aromatic carbocycles. The molecule has 1 aliphatic rings. The molecule has 8 nitrogen and oxygen atoms in total. The SMILES string of the molecule is CN1CCCN(c2ccc3nc(-c4cc(-c5ccnc6[nH]ccc56)c[nH]c4=O)[nH]c3c2)CC1. The molecule has 0 bridgehead atoms. The number of likely N-dealkylation sites (N-methyl/N-ethyl adjacent to an activating group) is 1. The number of hydrogen-bond acceptors (Lipinski definition) is 5. The zero-order chi connectivity index (χ0) is 22.4. The maximum absolute atomic E-state index is 12.7. The van der Waals surface area contributed by atoms with Crippen LogP contribution in [-0.2, 0) is 0 Å². The lowest BCUT2D eigenvalue weighted by Crippen LogP contribution is -2.28. The van der Waals surface area contributed by atoms with E-state index in [0.717, 1.165) is 65.8 Å². The Balaban J connectivity index is 1.39. The van der Waals surface area contributed by atoms with Crippen molar-refractivity contribution in [2.75, 3.05) is 38.1 Å². The number of pyridine rings is 2. The number of aromatic amines is 3. The Labute approximate surface area is 190 Å². The molecule has 5 heterocycles. The zero-order valence-electron chi connectivity index (χ0n) is 18.4. The number of hydrogen-bond donors (Lipinski definition) is 3. The van der Waals surface area contributed by atoms with Crippen molar-refractivity contribution >= 4 is 27.8 Å². The van der Waals surface area contributed by atoms with Crippen LogP contribution in [-0.4, -0.2) is 63.0 Å². The van der Waals surface area contributed by atoms with E-state index in [9.17, 15) is 4.79 Å². The minimum atomic E-state index is -0.173. The summed E-state index contributed by atoms with van der Waals surface area (Å²) in [7, 11) is 2.17. The molecular weight excluding hydrogens is 414 g/mol. The van der Waals surface area contributed by atoms with Gasteiger partial charge >= 0.3 is 0 Å². The summed E-state index contributed by atoms with van der Waals surface area (Å²) in [5.41, 5.74) is 6.03. The summed E-state index contributed by atoms with van der Waals surface area (Å²) < 4.78 is 0. The average Bonchev–Trinajstić information content (AvgIpc) is 3.42. The Hall–Kier alpha value is -3.91. The van der Waals surface area contributed by atoms with E-state index in [1.165, 1.54) is 5.69 Å². The molecule has 33 heavy (non-hydrogen) atoms. The van der Waals surface area contributed by atoms with E-state index in [0.29, 0.717) is 11.4 Å². The maximum atomic E-state index is 12.7. The van der Waals surface area contributed by atoms with E-state index < -0.39 is 0 Å². The quantitative estimate of drug-likeness (QED) is 0.399. The first-order valence-electron chi connectivity index (χ1n) is 11.2. The van der Waals surface area contributed by atoms with Crippen molar-refractivity contribution in [1.29, 1.82) is 0 Å². The van der Waals surface area contributed by atoms with Crippen molar-refractivity contribution in [3.05, 3.63) is 65.3 Å². The molecule has 0 amide bonds. The van der Waals surface area contributed by atoms with E-state index >= 15 is 0 Å². The summed E-state index contributed by atoms with van der Waals surface area (Å²) >= 11 is 0. The highest BCUT2D eigenvalue weighted by atomic mass is 16.1. The molecule has 6 rings (SSSR count). The predicted molar refractivity (Wildman–Crippen MR) is 132 cm³/mol. The smallest absolute Gasteiger partial charge is 0.259 e. The molecule has 0 radical (unpaired) electrons. The molecule has 0 atom stereocenters. The molecule has 1 saturated heterocycles. The first-order chi connectivity index (χ1) is 16.2. The molecule has 3 N–H and O–H groups in total. The van der Waals surface area contributed by atoms with Crippen LogP contribution in [0.1, 0.15) is 6.42 Å². The van der Waals surface area contributed by atoms with Gasteiger partial charge in [-0.2, -0.15) is 0 Å². The van der Waals surface area contributed by atoms with Crippen LogP contribution in [0, 0.1) is 0 Å². The molecule has 1 aliphatic heterocycles. The summed E-state index contributed by atoms with van der Waals surface area (Å²) in [6, 6.07) is 12.1. The molecule has 0 spiro atoms. The largest absolute Gasteiger partial charge is 0.370 e. The fourth-order valence-corrected chi connectivity index (χ4v) is 4.65. The fourth-order valence-electron chi connectivity index (χ4n) is 4.65. The van der Waals surface area contributed by atoms with Gasteiger partial charge in [0.25, 0.3) is 5.56 Å². The summed E-state index contributed by atoms with van der Waals surface area (Å²) in [6.07, 6.45) is 6.52. The van der Waals surface area contributed by atoms with Gasteiger partial charge in [-0.1, -0.05) is 0 Å². The molecule has 0 aliphatic carbocycles. The molecule has 0 unspecified atom stereocenters. The summed E-state index contributed by atoms with van der Waals surface area (Å²) in [6.45, 7) is 4.22. The number of aromatic nitrogens is 5. The van der Waals surface area contributed by atoms with Gasteiger partial charge in [-0.25, -0.2) is 9.97 Å². The van der Waals surface area contributed by atoms with Crippen LogP contribution in [0.25, 0.3) is 44.6 Å². The maximum Gasteiger partial charge on any atom is 0.259 e. The van der Waals surface area contributed by atoms with E-state index in [4.69, 9.17) is 4.98 Å². The minimum absolute atomic E-state index is 0.173. The number of fused-ring (bicyclic) bond motifs is 2. The highest BCUT2D eigenvalue weighted by Crippen LogP contribution is 2.29. The van der Waals surface area contributed by atoms with Crippen LogP contribution in [0.4, 0.5) is 5.69 Å². The van der Waals surface area contributed by atoms with E-state index in [-0.39, 0.29) is 5.56 Å². The Morgan fingerprint density at radius 2 is 1.91 bits per heavy atom. The van der Waals surface area contributed by atoms with Crippen molar-refractivity contribution in [2.45, 2.75) is 6.42 Å². The number of nitrogens with zero attached hydrogens (tertiary/aromatic N) is 4. The van der Waals surface area contributed by atoms with Crippen LogP contribution in [0.3, 0.4) is 0 Å². The van der Waals surface area contributed by atoms with Crippen LogP contribution in [0.5, 0.6) is 0 Å². The molecular formula is C25H25N7O. The van der Waals surface area contributed by atoms with Crippen LogP contribution < -0.4 is 10.5 Å². The summed E-state index contributed by atoms with van der Waals surface area (Å²) in [5.74, 6) is 0.570. The Bertz CT molecular complexity index is 1510. The lowest BCUT2D eigenvalue weighted by Gasteiger charge is -2.22. The number of benzene rings is 1. The second-order valence-electron chi connectivity index (χ2n) is 8.66. The van der Waals surface area contributed by atoms with Crippen molar-refractivity contribution in [3.63, 3.8) is 0 Å². The summed E-state index contributed by atoms with van der Waals surface area (Å²) in [4.78, 5) is 36.0. The van der Waals surface area contributed by atoms with Crippen LogP contribution >= 0.6 is 0 Å². The van der Waals surface area contributed by atoms with Crippen molar-refractivity contribution in [3.8, 4) is 22.5 Å². The zero-order valence-corrected chi connectivity index (χ0v) is 18.4. The van der Waals surface area contributed by atoms with Gasteiger partial charge in [-0.05, 0) is 67.5 Å². The Morgan fingerprint density at radius 3 is 2.85 bits per heavy atom. The molecule has 166 valence electrons. The monoisotopic (exact) mass is 439 g/mol. The van der Waals surface area contributed by atoms with Gasteiger partial charge in [0.15, 0.2) is 0 Å². The van der Waals surface area contributed by atoms with Gasteiger partial charge in [0.1, 0.15) is 11.5 Å². The fraction of sp³-hybridized carbons (Fsp3) is 0.240. The summed E-state index contributed by atoms with van der Waals surface area (Å²) in [5, 5.41) is 1.01. The highest BCUT2D eigenvalue weighted by molar-refractivity contribution is 5.93. The topological polar surface area (TPSA) is 96.7 Å². The molecule has 0 saturated carbocycles. The minimum Gasteiger partial charge on any atom is -0.370 e. The van der Waals surface area contributed by atoms with Crippen LogP contribution in [0.2, 0.25) is 0 Å². The van der Waals surface area contributed by atoms with Gasteiger partial charge in [0.05, 0.1) is 16.6 Å². The number of imidazole rings is 1. The Kier molecular flexibility index (Phi) is 4.73. The predicted octanol–water partition coefficient (Wildman–Crippen LogP) is 3.60. The highest BCUT2D eigenvalue weighted by Gasteiger charge is 2.16. The van der Waals surface area contributed by atoms with E-state index in [1.807, 2.05) is 30.5 Å². The van der Waals surface area contributed by atoms with Crippen molar-refractivity contribution in [2.24, 2.45) is 0 Å². The first kappa shape index (κ1) is 19.8. The first-order valence-corrected chi connectivity index (χ1v) is 11.2. The van der Waals surface area contributed by atoms with Gasteiger partial charge in [0.2, 0.25) is 0 Å². The molecule has 8 heteroatoms.